The van der Waals surface area contributed by atoms with Crippen LogP contribution in [-0.2, 0) is 5.75 Å². The largest absolute Gasteiger partial charge is 0.477 e. The van der Waals surface area contributed by atoms with Crippen LogP contribution in [0.4, 0.5) is 0 Å². The monoisotopic (exact) mass is 284 g/mol. The van der Waals surface area contributed by atoms with Crippen LogP contribution in [0.2, 0.25) is 0 Å². The number of aromatic carboxylic acids is 1. The number of carbonyl (C=O) groups is 1. The second-order valence-electron chi connectivity index (χ2n) is 4.24. The highest BCUT2D eigenvalue weighted by Gasteiger charge is 2.10. The van der Waals surface area contributed by atoms with Crippen LogP contribution >= 0.6 is 11.8 Å². The summed E-state index contributed by atoms with van der Waals surface area (Å²) in [5, 5.41) is 18.4. The van der Waals surface area contributed by atoms with Gasteiger partial charge in [0.2, 0.25) is 0 Å². The Labute approximate surface area is 121 Å². The summed E-state index contributed by atoms with van der Waals surface area (Å²) < 4.78 is 0. The molecular weight excluding hydrogens is 272 g/mol. The summed E-state index contributed by atoms with van der Waals surface area (Å²) >= 11 is 1.37. The first-order valence-corrected chi connectivity index (χ1v) is 6.91. The number of nitrogens with zero attached hydrogens (tertiary/aromatic N) is 2. The molecule has 2 aromatic rings. The van der Waals surface area contributed by atoms with E-state index in [4.69, 9.17) is 10.4 Å². The zero-order valence-electron chi connectivity index (χ0n) is 10.8. The third-order valence-electron chi connectivity index (χ3n) is 2.70. The fraction of sp³-hybridized carbons (Fsp3) is 0.133. The standard InChI is InChI=1S/C15H12N2O2S/c1-10-2-4-11(5-3-10)9-20-14-12(8-16)6-7-13(17-14)15(18)19/h2-7H,9H2,1H3,(H,18,19). The van der Waals surface area contributed by atoms with Crippen LogP contribution in [0.25, 0.3) is 0 Å². The molecule has 4 nitrogen and oxygen atoms in total. The molecule has 1 heterocycles. The van der Waals surface area contributed by atoms with Gasteiger partial charge in [-0.15, -0.1) is 11.8 Å². The summed E-state index contributed by atoms with van der Waals surface area (Å²) in [5.74, 6) is -0.447. The zero-order chi connectivity index (χ0) is 14.5. The van der Waals surface area contributed by atoms with Gasteiger partial charge in [0.25, 0.3) is 0 Å². The number of thioether (sulfide) groups is 1. The molecule has 1 aromatic carbocycles. The van der Waals surface area contributed by atoms with E-state index in [0.29, 0.717) is 16.3 Å². The summed E-state index contributed by atoms with van der Waals surface area (Å²) in [6.07, 6.45) is 0. The van der Waals surface area contributed by atoms with E-state index in [1.54, 1.807) is 0 Å². The van der Waals surface area contributed by atoms with E-state index in [1.807, 2.05) is 37.3 Å². The van der Waals surface area contributed by atoms with Crippen LogP contribution in [0.5, 0.6) is 0 Å². The molecule has 0 amide bonds. The van der Waals surface area contributed by atoms with Gasteiger partial charge in [0.05, 0.1) is 5.56 Å². The van der Waals surface area contributed by atoms with Crippen LogP contribution in [0.3, 0.4) is 0 Å². The molecule has 0 saturated heterocycles. The van der Waals surface area contributed by atoms with Crippen molar-refractivity contribution >= 4 is 17.7 Å². The van der Waals surface area contributed by atoms with E-state index in [2.05, 4.69) is 4.98 Å². The smallest absolute Gasteiger partial charge is 0.354 e. The van der Waals surface area contributed by atoms with Gasteiger partial charge in [-0.05, 0) is 24.6 Å². The molecule has 1 N–H and O–H groups in total. The lowest BCUT2D eigenvalue weighted by atomic mass is 10.2. The normalized spacial score (nSPS) is 10.0. The maximum atomic E-state index is 10.9. The van der Waals surface area contributed by atoms with E-state index in [9.17, 15) is 4.79 Å². The molecule has 0 atom stereocenters. The molecule has 5 heteroatoms. The number of carboxylic acid groups (broad SMARTS) is 1. The summed E-state index contributed by atoms with van der Waals surface area (Å²) in [6, 6.07) is 12.9. The Morgan fingerprint density at radius 2 is 2.00 bits per heavy atom. The van der Waals surface area contributed by atoms with Crippen LogP contribution in [-0.4, -0.2) is 16.1 Å². The molecule has 0 aliphatic rings. The third kappa shape index (κ3) is 3.37. The van der Waals surface area contributed by atoms with Crippen molar-refractivity contribution < 1.29 is 9.90 Å². The molecule has 0 bridgehead atoms. The van der Waals surface area contributed by atoms with Gasteiger partial charge in [-0.25, -0.2) is 9.78 Å². The molecule has 0 spiro atoms. The minimum atomic E-state index is -1.09. The highest BCUT2D eigenvalue weighted by atomic mass is 32.2. The number of hydrogen-bond donors (Lipinski definition) is 1. The van der Waals surface area contributed by atoms with E-state index >= 15 is 0 Å². The summed E-state index contributed by atoms with van der Waals surface area (Å²) in [6.45, 7) is 2.02. The molecule has 0 saturated carbocycles. The lowest BCUT2D eigenvalue weighted by Gasteiger charge is -2.05. The number of rotatable bonds is 4. The Balaban J connectivity index is 2.19. The fourth-order valence-corrected chi connectivity index (χ4v) is 2.52. The molecule has 0 aliphatic heterocycles. The van der Waals surface area contributed by atoms with Crippen molar-refractivity contribution in [1.82, 2.24) is 4.98 Å². The number of aromatic nitrogens is 1. The fourth-order valence-electron chi connectivity index (χ4n) is 1.59. The minimum Gasteiger partial charge on any atom is -0.477 e. The van der Waals surface area contributed by atoms with E-state index in [1.165, 1.54) is 29.5 Å². The topological polar surface area (TPSA) is 74.0 Å². The van der Waals surface area contributed by atoms with Crippen molar-refractivity contribution in [3.8, 4) is 6.07 Å². The van der Waals surface area contributed by atoms with Gasteiger partial charge in [-0.2, -0.15) is 5.26 Å². The van der Waals surface area contributed by atoms with Crippen molar-refractivity contribution in [2.75, 3.05) is 0 Å². The first-order chi connectivity index (χ1) is 9.60. The molecule has 0 unspecified atom stereocenters. The summed E-state index contributed by atoms with van der Waals surface area (Å²) in [7, 11) is 0. The Hall–Kier alpha value is -2.32. The average molecular weight is 284 g/mol. The Bertz CT molecular complexity index is 675. The number of carboxylic acids is 1. The number of nitriles is 1. The molecule has 0 aliphatic carbocycles. The molecule has 0 fully saturated rings. The number of aryl methyl sites for hydroxylation is 1. The second kappa shape index (κ2) is 6.22. The van der Waals surface area contributed by atoms with Gasteiger partial charge in [-0.3, -0.25) is 0 Å². The molecular formula is C15H12N2O2S. The van der Waals surface area contributed by atoms with Gasteiger partial charge >= 0.3 is 5.97 Å². The molecule has 2 rings (SSSR count). The summed E-state index contributed by atoms with van der Waals surface area (Å²) in [5.41, 5.74) is 2.64. The Morgan fingerprint density at radius 3 is 2.60 bits per heavy atom. The second-order valence-corrected chi connectivity index (χ2v) is 5.20. The number of pyridine rings is 1. The molecule has 1 aromatic heterocycles. The van der Waals surface area contributed by atoms with Crippen molar-refractivity contribution in [1.29, 1.82) is 5.26 Å². The predicted octanol–water partition coefficient (Wildman–Crippen LogP) is 3.25. The van der Waals surface area contributed by atoms with Crippen LogP contribution in [0.15, 0.2) is 41.4 Å². The van der Waals surface area contributed by atoms with Gasteiger partial charge in [0.1, 0.15) is 16.8 Å². The number of hydrogen-bond acceptors (Lipinski definition) is 4. The Kier molecular flexibility index (Phi) is 4.38. The molecule has 0 radical (unpaired) electrons. The van der Waals surface area contributed by atoms with E-state index < -0.39 is 5.97 Å². The lowest BCUT2D eigenvalue weighted by molar-refractivity contribution is 0.0689. The third-order valence-corrected chi connectivity index (χ3v) is 3.76. The average Bonchev–Trinajstić information content (AvgIpc) is 2.46. The number of benzene rings is 1. The quantitative estimate of drug-likeness (QED) is 0.872. The zero-order valence-corrected chi connectivity index (χ0v) is 11.6. The molecule has 20 heavy (non-hydrogen) atoms. The summed E-state index contributed by atoms with van der Waals surface area (Å²) in [4.78, 5) is 14.9. The van der Waals surface area contributed by atoms with Gasteiger partial charge in [0.15, 0.2) is 0 Å². The van der Waals surface area contributed by atoms with E-state index in [0.717, 1.165) is 5.56 Å². The van der Waals surface area contributed by atoms with Crippen molar-refractivity contribution in [3.05, 3.63) is 58.8 Å². The maximum Gasteiger partial charge on any atom is 0.354 e. The van der Waals surface area contributed by atoms with E-state index in [-0.39, 0.29) is 5.69 Å². The highest BCUT2D eigenvalue weighted by Crippen LogP contribution is 2.24. The van der Waals surface area contributed by atoms with Gasteiger partial charge < -0.3 is 5.11 Å². The van der Waals surface area contributed by atoms with Gasteiger partial charge in [0, 0.05) is 5.75 Å². The minimum absolute atomic E-state index is 0.0459. The Morgan fingerprint density at radius 1 is 1.30 bits per heavy atom. The van der Waals surface area contributed by atoms with Gasteiger partial charge in [-0.1, -0.05) is 29.8 Å². The predicted molar refractivity (Wildman–Crippen MR) is 76.7 cm³/mol. The van der Waals surface area contributed by atoms with Crippen molar-refractivity contribution in [2.45, 2.75) is 17.7 Å². The SMILES string of the molecule is Cc1ccc(CSc2nc(C(=O)O)ccc2C#N)cc1. The highest BCUT2D eigenvalue weighted by molar-refractivity contribution is 7.98. The van der Waals surface area contributed by atoms with Crippen molar-refractivity contribution in [2.24, 2.45) is 0 Å². The van der Waals surface area contributed by atoms with Crippen LogP contribution < -0.4 is 0 Å². The first-order valence-electron chi connectivity index (χ1n) is 5.93. The lowest BCUT2D eigenvalue weighted by Crippen LogP contribution is -2.02. The first kappa shape index (κ1) is 14.1. The van der Waals surface area contributed by atoms with Crippen LogP contribution in [0.1, 0.15) is 27.2 Å². The van der Waals surface area contributed by atoms with Crippen molar-refractivity contribution in [3.63, 3.8) is 0 Å². The maximum absolute atomic E-state index is 10.9. The molecule has 100 valence electrons. The van der Waals surface area contributed by atoms with Crippen LogP contribution in [0, 0.1) is 18.3 Å².